The van der Waals surface area contributed by atoms with Gasteiger partial charge in [-0.05, 0) is 6.07 Å². The van der Waals surface area contributed by atoms with E-state index in [1.54, 1.807) is 0 Å². The van der Waals surface area contributed by atoms with Gasteiger partial charge in [0.15, 0.2) is 11.6 Å². The van der Waals surface area contributed by atoms with Crippen molar-refractivity contribution < 1.29 is 13.2 Å². The Morgan fingerprint density at radius 3 is 2.09 bits per heavy atom. The van der Waals surface area contributed by atoms with Crippen molar-refractivity contribution in [2.45, 2.75) is 0 Å². The lowest BCUT2D eigenvalue weighted by atomic mass is 10.2. The first-order chi connectivity index (χ1) is 5.15. The van der Waals surface area contributed by atoms with E-state index in [1.165, 1.54) is 0 Å². The molecule has 11 heavy (non-hydrogen) atoms. The Bertz CT molecular complexity index is 323. The molecule has 56 valence electrons. The topological polar surface area (TPSA) is 0 Å². The summed E-state index contributed by atoms with van der Waals surface area (Å²) in [5, 5.41) is 0. The highest BCUT2D eigenvalue weighted by atomic mass is 19.2. The molecule has 0 aliphatic rings. The second kappa shape index (κ2) is 2.67. The first-order valence-corrected chi connectivity index (χ1v) is 2.76. The zero-order valence-corrected chi connectivity index (χ0v) is 5.37. The van der Waals surface area contributed by atoms with Gasteiger partial charge in [0.1, 0.15) is 5.82 Å². The van der Waals surface area contributed by atoms with Gasteiger partial charge >= 0.3 is 0 Å². The van der Waals surface area contributed by atoms with E-state index in [0.29, 0.717) is 12.1 Å². The van der Waals surface area contributed by atoms with Crippen LogP contribution in [0.5, 0.6) is 0 Å². The van der Waals surface area contributed by atoms with Crippen LogP contribution < -0.4 is 0 Å². The third kappa shape index (κ3) is 1.35. The molecular formula is C8H3F3. The Balaban J connectivity index is 3.35. The van der Waals surface area contributed by atoms with Crippen molar-refractivity contribution in [3.63, 3.8) is 0 Å². The number of rotatable bonds is 0. The molecular weight excluding hydrogens is 153 g/mol. The molecule has 0 saturated heterocycles. The van der Waals surface area contributed by atoms with Gasteiger partial charge in [0, 0.05) is 6.07 Å². The van der Waals surface area contributed by atoms with Crippen LogP contribution in [0.15, 0.2) is 12.1 Å². The minimum Gasteiger partial charge on any atom is -0.206 e. The van der Waals surface area contributed by atoms with Crippen LogP contribution in [0, 0.1) is 29.8 Å². The lowest BCUT2D eigenvalue weighted by molar-refractivity contribution is 0.494. The van der Waals surface area contributed by atoms with Gasteiger partial charge in [-0.15, -0.1) is 6.42 Å². The summed E-state index contributed by atoms with van der Waals surface area (Å²) in [4.78, 5) is 0. The van der Waals surface area contributed by atoms with Crippen LogP contribution in [-0.4, -0.2) is 0 Å². The monoisotopic (exact) mass is 156 g/mol. The van der Waals surface area contributed by atoms with Gasteiger partial charge in [-0.2, -0.15) is 0 Å². The zero-order chi connectivity index (χ0) is 8.43. The minimum absolute atomic E-state index is 0.274. The average Bonchev–Trinajstić information content (AvgIpc) is 1.97. The molecule has 0 saturated carbocycles. The molecule has 0 radical (unpaired) electrons. The van der Waals surface area contributed by atoms with E-state index in [1.807, 2.05) is 5.92 Å². The number of terminal acetylenes is 1. The molecule has 0 aliphatic carbocycles. The van der Waals surface area contributed by atoms with E-state index < -0.39 is 17.5 Å². The average molecular weight is 156 g/mol. The van der Waals surface area contributed by atoms with Gasteiger partial charge < -0.3 is 0 Å². The summed E-state index contributed by atoms with van der Waals surface area (Å²) in [6.45, 7) is 0. The third-order valence-electron chi connectivity index (χ3n) is 1.17. The van der Waals surface area contributed by atoms with E-state index in [0.717, 1.165) is 0 Å². The summed E-state index contributed by atoms with van der Waals surface area (Å²) in [6, 6.07) is 1.06. The molecule has 0 fully saturated rings. The third-order valence-corrected chi connectivity index (χ3v) is 1.17. The van der Waals surface area contributed by atoms with Crippen molar-refractivity contribution in [3.05, 3.63) is 35.1 Å². The number of halogens is 3. The number of hydrogen-bond donors (Lipinski definition) is 0. The summed E-state index contributed by atoms with van der Waals surface area (Å²) in [5.41, 5.74) is -0.274. The highest BCUT2D eigenvalue weighted by Crippen LogP contribution is 2.11. The van der Waals surface area contributed by atoms with Crippen molar-refractivity contribution >= 4 is 0 Å². The Morgan fingerprint density at radius 2 is 1.55 bits per heavy atom. The predicted octanol–water partition coefficient (Wildman–Crippen LogP) is 2.09. The van der Waals surface area contributed by atoms with Crippen molar-refractivity contribution in [1.82, 2.24) is 0 Å². The molecule has 0 nitrogen and oxygen atoms in total. The van der Waals surface area contributed by atoms with Gasteiger partial charge in [-0.3, -0.25) is 0 Å². The molecule has 1 aromatic rings. The van der Waals surface area contributed by atoms with Gasteiger partial charge in [0.25, 0.3) is 0 Å². The summed E-state index contributed by atoms with van der Waals surface area (Å²) < 4.78 is 37.0. The maximum atomic E-state index is 12.5. The van der Waals surface area contributed by atoms with E-state index in [4.69, 9.17) is 6.42 Å². The lowest BCUT2D eigenvalue weighted by Gasteiger charge is -1.95. The quantitative estimate of drug-likeness (QED) is 0.398. The molecule has 0 spiro atoms. The molecule has 0 aromatic heterocycles. The predicted molar refractivity (Wildman–Crippen MR) is 34.3 cm³/mol. The lowest BCUT2D eigenvalue weighted by Crippen LogP contribution is -1.90. The molecule has 1 rings (SSSR count). The maximum Gasteiger partial charge on any atom is 0.161 e. The summed E-state index contributed by atoms with van der Waals surface area (Å²) in [7, 11) is 0. The summed E-state index contributed by atoms with van der Waals surface area (Å²) in [6.07, 6.45) is 4.79. The van der Waals surface area contributed by atoms with Crippen molar-refractivity contribution in [2.75, 3.05) is 0 Å². The summed E-state index contributed by atoms with van der Waals surface area (Å²) in [5.74, 6) is -1.42. The number of hydrogen-bond acceptors (Lipinski definition) is 0. The van der Waals surface area contributed by atoms with Crippen molar-refractivity contribution in [2.24, 2.45) is 0 Å². The van der Waals surface area contributed by atoms with Crippen LogP contribution in [0.1, 0.15) is 5.56 Å². The van der Waals surface area contributed by atoms with Crippen LogP contribution in [0.25, 0.3) is 0 Å². The van der Waals surface area contributed by atoms with E-state index in [9.17, 15) is 13.2 Å². The normalized spacial score (nSPS) is 9.27. The highest BCUT2D eigenvalue weighted by Gasteiger charge is 2.06. The largest absolute Gasteiger partial charge is 0.206 e. The standard InChI is InChI=1S/C8H3F3/c1-2-5-3-7(10)8(11)4-6(5)9/h1,3-4H. The second-order valence-electron chi connectivity index (χ2n) is 1.89. The maximum absolute atomic E-state index is 12.5. The van der Waals surface area contributed by atoms with E-state index in [2.05, 4.69) is 0 Å². The summed E-state index contributed by atoms with van der Waals surface area (Å²) >= 11 is 0. The van der Waals surface area contributed by atoms with Crippen LogP contribution in [0.3, 0.4) is 0 Å². The first kappa shape index (κ1) is 7.67. The van der Waals surface area contributed by atoms with E-state index in [-0.39, 0.29) is 5.56 Å². The fourth-order valence-electron chi connectivity index (χ4n) is 0.633. The molecule has 3 heteroatoms. The van der Waals surface area contributed by atoms with Crippen LogP contribution in [0.2, 0.25) is 0 Å². The van der Waals surface area contributed by atoms with Gasteiger partial charge in [-0.25, -0.2) is 13.2 Å². The molecule has 0 bridgehead atoms. The molecule has 0 atom stereocenters. The highest BCUT2D eigenvalue weighted by molar-refractivity contribution is 5.33. The smallest absolute Gasteiger partial charge is 0.161 e. The SMILES string of the molecule is C#Cc1cc(F)c(F)cc1F. The minimum atomic E-state index is -1.23. The molecule has 0 heterocycles. The van der Waals surface area contributed by atoms with Crippen molar-refractivity contribution in [3.8, 4) is 12.3 Å². The van der Waals surface area contributed by atoms with E-state index >= 15 is 0 Å². The zero-order valence-electron chi connectivity index (χ0n) is 5.37. The van der Waals surface area contributed by atoms with Crippen LogP contribution in [-0.2, 0) is 0 Å². The van der Waals surface area contributed by atoms with Gasteiger partial charge in [-0.1, -0.05) is 5.92 Å². The molecule has 0 unspecified atom stereocenters. The van der Waals surface area contributed by atoms with Crippen LogP contribution >= 0.6 is 0 Å². The van der Waals surface area contributed by atoms with Crippen LogP contribution in [0.4, 0.5) is 13.2 Å². The van der Waals surface area contributed by atoms with Gasteiger partial charge in [0.05, 0.1) is 5.56 Å². The Hall–Kier alpha value is -1.43. The fourth-order valence-corrected chi connectivity index (χ4v) is 0.633. The van der Waals surface area contributed by atoms with Gasteiger partial charge in [0.2, 0.25) is 0 Å². The Kier molecular flexibility index (Phi) is 1.86. The molecule has 0 N–H and O–H groups in total. The number of benzene rings is 1. The molecule has 1 aromatic carbocycles. The first-order valence-electron chi connectivity index (χ1n) is 2.76. The molecule has 0 amide bonds. The van der Waals surface area contributed by atoms with Crippen molar-refractivity contribution in [1.29, 1.82) is 0 Å². The second-order valence-corrected chi connectivity index (χ2v) is 1.89. The molecule has 0 aliphatic heterocycles. The Labute approximate surface area is 61.7 Å². The fraction of sp³-hybridized carbons (Fsp3) is 0. The Morgan fingerprint density at radius 1 is 1.00 bits per heavy atom.